The second-order valence-corrected chi connectivity index (χ2v) is 7.04. The standard InChI is InChI=1S/C23H26N2O4/c1-15-12-16(2)20-14-17(23(27)25-21(20)13-15)4-9-22(26)24-10-11-29-19-7-5-18(28-3)6-8-19/h5-8,12-14H,4,9-11H2,1-3H3,(H,24,26)(H,25,27). The summed E-state index contributed by atoms with van der Waals surface area (Å²) in [5.41, 5.74) is 3.52. The number of aryl methyl sites for hydroxylation is 3. The van der Waals surface area contributed by atoms with E-state index in [1.165, 1.54) is 0 Å². The van der Waals surface area contributed by atoms with Gasteiger partial charge in [-0.3, -0.25) is 9.59 Å². The van der Waals surface area contributed by atoms with Crippen molar-refractivity contribution in [3.8, 4) is 11.5 Å². The highest BCUT2D eigenvalue weighted by atomic mass is 16.5. The largest absolute Gasteiger partial charge is 0.497 e. The number of benzene rings is 2. The van der Waals surface area contributed by atoms with Crippen LogP contribution in [0, 0.1) is 13.8 Å². The van der Waals surface area contributed by atoms with E-state index in [4.69, 9.17) is 9.47 Å². The molecule has 0 spiro atoms. The number of hydrogen-bond donors (Lipinski definition) is 2. The summed E-state index contributed by atoms with van der Waals surface area (Å²) in [6, 6.07) is 13.2. The van der Waals surface area contributed by atoms with E-state index < -0.39 is 0 Å². The number of methoxy groups -OCH3 is 1. The summed E-state index contributed by atoms with van der Waals surface area (Å²) in [5.74, 6) is 1.37. The van der Waals surface area contributed by atoms with Crippen LogP contribution >= 0.6 is 0 Å². The average Bonchev–Trinajstić information content (AvgIpc) is 2.70. The van der Waals surface area contributed by atoms with Gasteiger partial charge in [0.25, 0.3) is 5.56 Å². The minimum Gasteiger partial charge on any atom is -0.497 e. The third-order valence-corrected chi connectivity index (χ3v) is 4.76. The van der Waals surface area contributed by atoms with Gasteiger partial charge in [-0.2, -0.15) is 0 Å². The van der Waals surface area contributed by atoms with Crippen LogP contribution in [0.2, 0.25) is 0 Å². The van der Waals surface area contributed by atoms with E-state index in [1.807, 2.05) is 50.2 Å². The van der Waals surface area contributed by atoms with Gasteiger partial charge in [-0.1, -0.05) is 6.07 Å². The van der Waals surface area contributed by atoms with Crippen LogP contribution in [-0.4, -0.2) is 31.2 Å². The number of amides is 1. The first kappa shape index (κ1) is 20.5. The predicted octanol–water partition coefficient (Wildman–Crippen LogP) is 3.28. The molecule has 0 saturated carbocycles. The van der Waals surface area contributed by atoms with E-state index in [0.717, 1.165) is 27.8 Å². The number of ether oxygens (including phenoxy) is 2. The maximum atomic E-state index is 12.3. The molecule has 0 radical (unpaired) electrons. The van der Waals surface area contributed by atoms with Crippen molar-refractivity contribution in [3.63, 3.8) is 0 Å². The molecule has 6 nitrogen and oxygen atoms in total. The van der Waals surface area contributed by atoms with Gasteiger partial charge in [-0.25, -0.2) is 0 Å². The van der Waals surface area contributed by atoms with Gasteiger partial charge in [0.15, 0.2) is 0 Å². The van der Waals surface area contributed by atoms with Crippen LogP contribution in [0.4, 0.5) is 0 Å². The molecule has 0 saturated heterocycles. The van der Waals surface area contributed by atoms with Crippen molar-refractivity contribution in [2.45, 2.75) is 26.7 Å². The molecule has 0 aliphatic rings. The number of carbonyl (C=O) groups is 1. The van der Waals surface area contributed by atoms with Gasteiger partial charge in [-0.15, -0.1) is 0 Å². The van der Waals surface area contributed by atoms with Crippen LogP contribution in [-0.2, 0) is 11.2 Å². The number of pyridine rings is 1. The molecule has 29 heavy (non-hydrogen) atoms. The maximum absolute atomic E-state index is 12.3. The number of aromatic amines is 1. The molecule has 0 bridgehead atoms. The van der Waals surface area contributed by atoms with Crippen molar-refractivity contribution in [2.24, 2.45) is 0 Å². The zero-order chi connectivity index (χ0) is 20.8. The summed E-state index contributed by atoms with van der Waals surface area (Å²) in [7, 11) is 1.61. The van der Waals surface area contributed by atoms with Crippen LogP contribution in [0.15, 0.2) is 47.3 Å². The molecule has 0 fully saturated rings. The molecule has 1 amide bonds. The Hall–Kier alpha value is -3.28. The molecule has 2 aromatic carbocycles. The minimum atomic E-state index is -0.141. The van der Waals surface area contributed by atoms with Crippen molar-refractivity contribution in [3.05, 3.63) is 69.5 Å². The van der Waals surface area contributed by atoms with E-state index in [9.17, 15) is 9.59 Å². The fraction of sp³-hybridized carbons (Fsp3) is 0.304. The highest BCUT2D eigenvalue weighted by Crippen LogP contribution is 2.19. The minimum absolute atomic E-state index is 0.108. The molecule has 0 aliphatic carbocycles. The van der Waals surface area contributed by atoms with E-state index in [0.29, 0.717) is 30.9 Å². The predicted molar refractivity (Wildman–Crippen MR) is 114 cm³/mol. The van der Waals surface area contributed by atoms with Crippen molar-refractivity contribution in [2.75, 3.05) is 20.3 Å². The molecule has 152 valence electrons. The molecule has 0 unspecified atom stereocenters. The topological polar surface area (TPSA) is 80.4 Å². The summed E-state index contributed by atoms with van der Waals surface area (Å²) >= 11 is 0. The van der Waals surface area contributed by atoms with Crippen molar-refractivity contribution in [1.82, 2.24) is 10.3 Å². The lowest BCUT2D eigenvalue weighted by molar-refractivity contribution is -0.121. The highest BCUT2D eigenvalue weighted by molar-refractivity contribution is 5.83. The molecule has 3 rings (SSSR count). The van der Waals surface area contributed by atoms with E-state index >= 15 is 0 Å². The molecule has 3 aromatic rings. The number of aromatic nitrogens is 1. The highest BCUT2D eigenvalue weighted by Gasteiger charge is 2.08. The van der Waals surface area contributed by atoms with Gasteiger partial charge in [0.2, 0.25) is 5.91 Å². The van der Waals surface area contributed by atoms with Crippen molar-refractivity contribution < 1.29 is 14.3 Å². The van der Waals surface area contributed by atoms with Crippen molar-refractivity contribution in [1.29, 1.82) is 0 Å². The van der Waals surface area contributed by atoms with Gasteiger partial charge in [-0.05, 0) is 67.8 Å². The number of nitrogens with one attached hydrogen (secondary N) is 2. The molecule has 0 atom stereocenters. The lowest BCUT2D eigenvalue weighted by Gasteiger charge is -2.09. The zero-order valence-corrected chi connectivity index (χ0v) is 17.0. The fourth-order valence-corrected chi connectivity index (χ4v) is 3.27. The third-order valence-electron chi connectivity index (χ3n) is 4.76. The molecular formula is C23H26N2O4. The second kappa shape index (κ2) is 9.28. The summed E-state index contributed by atoms with van der Waals surface area (Å²) < 4.78 is 10.7. The van der Waals surface area contributed by atoms with Gasteiger partial charge in [0.05, 0.1) is 13.7 Å². The quantitative estimate of drug-likeness (QED) is 0.575. The SMILES string of the molecule is COc1ccc(OCCNC(=O)CCc2cc3c(C)cc(C)cc3[nH]c2=O)cc1. The Bertz CT molecular complexity index is 1050. The Balaban J connectivity index is 1.48. The Morgan fingerprint density at radius 1 is 1.07 bits per heavy atom. The summed E-state index contributed by atoms with van der Waals surface area (Å²) in [4.78, 5) is 27.3. The van der Waals surface area contributed by atoms with E-state index in [-0.39, 0.29) is 17.9 Å². The van der Waals surface area contributed by atoms with Crippen LogP contribution in [0.25, 0.3) is 10.9 Å². The lowest BCUT2D eigenvalue weighted by Crippen LogP contribution is -2.28. The van der Waals surface area contributed by atoms with E-state index in [1.54, 1.807) is 7.11 Å². The molecule has 0 aliphatic heterocycles. The smallest absolute Gasteiger partial charge is 0.251 e. The normalized spacial score (nSPS) is 10.7. The first-order valence-electron chi connectivity index (χ1n) is 9.63. The summed E-state index contributed by atoms with van der Waals surface area (Å²) in [5, 5.41) is 3.83. The zero-order valence-electron chi connectivity index (χ0n) is 17.0. The summed E-state index contributed by atoms with van der Waals surface area (Å²) in [6.07, 6.45) is 0.645. The van der Waals surface area contributed by atoms with Gasteiger partial charge in [0, 0.05) is 22.9 Å². The summed E-state index contributed by atoms with van der Waals surface area (Å²) in [6.45, 7) is 4.79. The number of fused-ring (bicyclic) bond motifs is 1. The fourth-order valence-electron chi connectivity index (χ4n) is 3.27. The molecular weight excluding hydrogens is 368 g/mol. The number of H-pyrrole nitrogens is 1. The monoisotopic (exact) mass is 394 g/mol. The van der Waals surface area contributed by atoms with Crippen LogP contribution in [0.5, 0.6) is 11.5 Å². The van der Waals surface area contributed by atoms with Gasteiger partial charge >= 0.3 is 0 Å². The van der Waals surface area contributed by atoms with E-state index in [2.05, 4.69) is 16.4 Å². The Kier molecular flexibility index (Phi) is 6.54. The first-order valence-corrected chi connectivity index (χ1v) is 9.63. The Morgan fingerprint density at radius 2 is 1.79 bits per heavy atom. The molecule has 6 heteroatoms. The number of hydrogen-bond acceptors (Lipinski definition) is 4. The first-order chi connectivity index (χ1) is 14.0. The van der Waals surface area contributed by atoms with Crippen LogP contribution in [0.3, 0.4) is 0 Å². The maximum Gasteiger partial charge on any atom is 0.251 e. The van der Waals surface area contributed by atoms with Gasteiger partial charge in [0.1, 0.15) is 18.1 Å². The number of carbonyl (C=O) groups excluding carboxylic acids is 1. The molecule has 2 N–H and O–H groups in total. The average molecular weight is 394 g/mol. The lowest BCUT2D eigenvalue weighted by atomic mass is 10.0. The molecule has 1 heterocycles. The van der Waals surface area contributed by atoms with Crippen LogP contribution in [0.1, 0.15) is 23.1 Å². The van der Waals surface area contributed by atoms with Crippen molar-refractivity contribution >= 4 is 16.8 Å². The Morgan fingerprint density at radius 3 is 2.52 bits per heavy atom. The number of rotatable bonds is 8. The third kappa shape index (κ3) is 5.38. The van der Waals surface area contributed by atoms with Crippen LogP contribution < -0.4 is 20.3 Å². The second-order valence-electron chi connectivity index (χ2n) is 7.04. The molecule has 1 aromatic heterocycles. The Labute approximate surface area is 169 Å². The van der Waals surface area contributed by atoms with Gasteiger partial charge < -0.3 is 19.8 Å².